The minimum atomic E-state index is -0.918. The van der Waals surface area contributed by atoms with Crippen LogP contribution in [-0.2, 0) is 4.79 Å². The van der Waals surface area contributed by atoms with Crippen LogP contribution in [0, 0.1) is 32.4 Å². The fraction of sp³-hybridized carbons (Fsp3) is 0.316. The molecule has 26 heavy (non-hydrogen) atoms. The minimum absolute atomic E-state index is 0.191. The smallest absolute Gasteiger partial charge is 0.254 e. The number of nitrogens with one attached hydrogen (secondary N) is 2. The van der Waals surface area contributed by atoms with Crippen molar-refractivity contribution in [3.63, 3.8) is 0 Å². The number of benzene rings is 1. The van der Waals surface area contributed by atoms with Crippen molar-refractivity contribution in [3.05, 3.63) is 58.4 Å². The van der Waals surface area contributed by atoms with E-state index in [4.69, 9.17) is 0 Å². The van der Waals surface area contributed by atoms with Crippen LogP contribution >= 0.6 is 0 Å². The second kappa shape index (κ2) is 8.51. The van der Waals surface area contributed by atoms with Crippen LogP contribution in [0.5, 0.6) is 0 Å². The number of pyridine rings is 1. The van der Waals surface area contributed by atoms with Gasteiger partial charge in [0, 0.05) is 24.7 Å². The molecule has 7 heteroatoms. The fourth-order valence-electron chi connectivity index (χ4n) is 2.63. The van der Waals surface area contributed by atoms with Crippen molar-refractivity contribution in [1.82, 2.24) is 10.3 Å². The van der Waals surface area contributed by atoms with Crippen molar-refractivity contribution in [2.45, 2.75) is 33.6 Å². The quantitative estimate of drug-likeness (QED) is 0.775. The van der Waals surface area contributed by atoms with Gasteiger partial charge in [0.05, 0.1) is 16.9 Å². The molecule has 0 atom stereocenters. The number of carbonyl (C=O) groups excluding carboxylic acids is 2. The summed E-state index contributed by atoms with van der Waals surface area (Å²) >= 11 is 0. The molecular formula is C19H21F2N3O2. The van der Waals surface area contributed by atoms with Crippen LogP contribution in [0.3, 0.4) is 0 Å². The normalized spacial score (nSPS) is 10.5. The van der Waals surface area contributed by atoms with Crippen molar-refractivity contribution in [3.8, 4) is 0 Å². The van der Waals surface area contributed by atoms with Gasteiger partial charge in [0.2, 0.25) is 5.91 Å². The Labute approximate surface area is 150 Å². The van der Waals surface area contributed by atoms with Crippen molar-refractivity contribution >= 4 is 17.5 Å². The van der Waals surface area contributed by atoms with E-state index >= 15 is 0 Å². The van der Waals surface area contributed by atoms with Crippen molar-refractivity contribution in [2.24, 2.45) is 0 Å². The van der Waals surface area contributed by atoms with Crippen LogP contribution in [0.4, 0.5) is 14.5 Å². The molecule has 5 nitrogen and oxygen atoms in total. The van der Waals surface area contributed by atoms with Crippen LogP contribution < -0.4 is 10.6 Å². The van der Waals surface area contributed by atoms with Crippen molar-refractivity contribution in [2.75, 3.05) is 11.9 Å². The third-order valence-corrected chi connectivity index (χ3v) is 3.83. The number of hydrogen-bond donors (Lipinski definition) is 2. The fourth-order valence-corrected chi connectivity index (χ4v) is 2.63. The second-order valence-electron chi connectivity index (χ2n) is 6.07. The summed E-state index contributed by atoms with van der Waals surface area (Å²) in [5.74, 6) is -2.49. The Morgan fingerprint density at radius 2 is 1.85 bits per heavy atom. The van der Waals surface area contributed by atoms with Crippen LogP contribution in [0.15, 0.2) is 24.3 Å². The second-order valence-corrected chi connectivity index (χ2v) is 6.07. The molecule has 0 spiro atoms. The van der Waals surface area contributed by atoms with Gasteiger partial charge in [0.25, 0.3) is 5.91 Å². The number of nitrogens with zero attached hydrogens (tertiary/aromatic N) is 1. The number of anilines is 1. The highest BCUT2D eigenvalue weighted by atomic mass is 19.1. The lowest BCUT2D eigenvalue weighted by Crippen LogP contribution is -2.26. The Morgan fingerprint density at radius 1 is 1.12 bits per heavy atom. The molecule has 2 rings (SSSR count). The number of halogens is 2. The molecule has 0 aliphatic carbocycles. The molecule has 0 aliphatic rings. The van der Waals surface area contributed by atoms with E-state index in [0.29, 0.717) is 18.2 Å². The van der Waals surface area contributed by atoms with Gasteiger partial charge in [0.1, 0.15) is 11.6 Å². The molecular weight excluding hydrogens is 340 g/mol. The van der Waals surface area contributed by atoms with E-state index in [1.807, 2.05) is 26.8 Å². The van der Waals surface area contributed by atoms with E-state index in [1.165, 1.54) is 0 Å². The van der Waals surface area contributed by atoms with E-state index in [9.17, 15) is 18.4 Å². The van der Waals surface area contributed by atoms with Crippen LogP contribution in [-0.4, -0.2) is 23.3 Å². The molecule has 0 saturated carbocycles. The topological polar surface area (TPSA) is 71.1 Å². The third-order valence-electron chi connectivity index (χ3n) is 3.83. The zero-order valence-electron chi connectivity index (χ0n) is 15.0. The van der Waals surface area contributed by atoms with Crippen molar-refractivity contribution in [1.29, 1.82) is 0 Å². The first kappa shape index (κ1) is 19.5. The number of aryl methyl sites for hydroxylation is 3. The first-order chi connectivity index (χ1) is 12.3. The van der Waals surface area contributed by atoms with E-state index < -0.39 is 17.5 Å². The Kier molecular flexibility index (Phi) is 6.38. The average Bonchev–Trinajstić information content (AvgIpc) is 2.54. The first-order valence-corrected chi connectivity index (χ1v) is 8.26. The molecule has 2 aromatic rings. The Morgan fingerprint density at radius 3 is 2.50 bits per heavy atom. The average molecular weight is 361 g/mol. The number of hydrogen-bond acceptors (Lipinski definition) is 3. The SMILES string of the molecule is Cc1cc(C)c(NC(=O)CCCNC(=O)c2ccc(F)cc2F)c(C)n1. The highest BCUT2D eigenvalue weighted by Crippen LogP contribution is 2.19. The molecule has 1 aromatic heterocycles. The number of amides is 2. The molecule has 1 heterocycles. The zero-order valence-corrected chi connectivity index (χ0v) is 15.0. The molecule has 0 saturated heterocycles. The maximum absolute atomic E-state index is 13.5. The van der Waals surface area contributed by atoms with Gasteiger partial charge < -0.3 is 10.6 Å². The van der Waals surface area contributed by atoms with Gasteiger partial charge in [-0.1, -0.05) is 0 Å². The number of carbonyl (C=O) groups is 2. The minimum Gasteiger partial charge on any atom is -0.352 e. The predicted octanol–water partition coefficient (Wildman–Crippen LogP) is 3.43. The van der Waals surface area contributed by atoms with Gasteiger partial charge in [-0.05, 0) is 51.0 Å². The molecule has 0 aliphatic heterocycles. The van der Waals surface area contributed by atoms with E-state index in [1.54, 1.807) is 0 Å². The summed E-state index contributed by atoms with van der Waals surface area (Å²) in [5.41, 5.74) is 3.03. The van der Waals surface area contributed by atoms with Crippen LogP contribution in [0.25, 0.3) is 0 Å². The van der Waals surface area contributed by atoms with Crippen molar-refractivity contribution < 1.29 is 18.4 Å². The molecule has 138 valence electrons. The molecule has 2 amide bonds. The number of aromatic nitrogens is 1. The largest absolute Gasteiger partial charge is 0.352 e. The van der Waals surface area contributed by atoms with Gasteiger partial charge in [-0.2, -0.15) is 0 Å². The lowest BCUT2D eigenvalue weighted by molar-refractivity contribution is -0.116. The highest BCUT2D eigenvalue weighted by molar-refractivity contribution is 5.94. The lowest BCUT2D eigenvalue weighted by atomic mass is 10.1. The Hall–Kier alpha value is -2.83. The lowest BCUT2D eigenvalue weighted by Gasteiger charge is -2.12. The molecule has 0 radical (unpaired) electrons. The van der Waals surface area contributed by atoms with Gasteiger partial charge in [-0.3, -0.25) is 14.6 Å². The first-order valence-electron chi connectivity index (χ1n) is 8.26. The molecule has 0 unspecified atom stereocenters. The Bertz CT molecular complexity index is 815. The van der Waals surface area contributed by atoms with Crippen LogP contribution in [0.1, 0.15) is 40.2 Å². The summed E-state index contributed by atoms with van der Waals surface area (Å²) in [7, 11) is 0. The Balaban J connectivity index is 1.81. The van der Waals surface area contributed by atoms with Gasteiger partial charge in [0.15, 0.2) is 0 Å². The van der Waals surface area contributed by atoms with Gasteiger partial charge in [-0.15, -0.1) is 0 Å². The summed E-state index contributed by atoms with van der Waals surface area (Å²) in [5, 5.41) is 5.34. The maximum atomic E-state index is 13.5. The van der Waals surface area contributed by atoms with E-state index in [0.717, 1.165) is 29.1 Å². The highest BCUT2D eigenvalue weighted by Gasteiger charge is 2.13. The zero-order chi connectivity index (χ0) is 19.3. The summed E-state index contributed by atoms with van der Waals surface area (Å²) in [6, 6.07) is 4.65. The van der Waals surface area contributed by atoms with Gasteiger partial charge >= 0.3 is 0 Å². The summed E-state index contributed by atoms with van der Waals surface area (Å²) < 4.78 is 26.4. The van der Waals surface area contributed by atoms with Crippen LogP contribution in [0.2, 0.25) is 0 Å². The maximum Gasteiger partial charge on any atom is 0.254 e. The molecule has 0 bridgehead atoms. The van der Waals surface area contributed by atoms with E-state index in [2.05, 4.69) is 15.6 Å². The van der Waals surface area contributed by atoms with E-state index in [-0.39, 0.29) is 24.4 Å². The predicted molar refractivity (Wildman–Crippen MR) is 95.0 cm³/mol. The standard InChI is InChI=1S/C19H21F2N3O2/c1-11-9-12(2)23-13(3)18(11)24-17(25)5-4-8-22-19(26)15-7-6-14(20)10-16(15)21/h6-7,9-10H,4-5,8H2,1-3H3,(H,22,26)(H,24,25). The summed E-state index contributed by atoms with van der Waals surface area (Å²) in [4.78, 5) is 28.2. The summed E-state index contributed by atoms with van der Waals surface area (Å²) in [6.07, 6.45) is 0.580. The van der Waals surface area contributed by atoms with Gasteiger partial charge in [-0.25, -0.2) is 8.78 Å². The molecule has 1 aromatic carbocycles. The monoisotopic (exact) mass is 361 g/mol. The molecule has 0 fully saturated rings. The third kappa shape index (κ3) is 5.08. The summed E-state index contributed by atoms with van der Waals surface area (Å²) in [6.45, 7) is 5.81. The number of rotatable bonds is 6. The molecule has 2 N–H and O–H groups in total.